The van der Waals surface area contributed by atoms with Crippen LogP contribution in [0.1, 0.15) is 23.6 Å². The normalized spacial score (nSPS) is 11.2. The van der Waals surface area contributed by atoms with Crippen LogP contribution in [-0.4, -0.2) is 25.8 Å². The van der Waals surface area contributed by atoms with E-state index in [4.69, 9.17) is 16.3 Å². The number of nitriles is 1. The second-order valence-corrected chi connectivity index (χ2v) is 9.05. The molecule has 4 rings (SSSR count). The van der Waals surface area contributed by atoms with E-state index in [9.17, 15) is 15.2 Å². The summed E-state index contributed by atoms with van der Waals surface area (Å²) in [6.45, 7) is 2.78. The third kappa shape index (κ3) is 5.95. The number of hydrogen-bond donors (Lipinski definition) is 1. The first-order valence-electron chi connectivity index (χ1n) is 11.0. The Balaban J connectivity index is 1.50. The zero-order chi connectivity index (χ0) is 25.5. The quantitative estimate of drug-likeness (QED) is 0.206. The number of aromatic nitrogens is 3. The highest BCUT2D eigenvalue weighted by Crippen LogP contribution is 2.31. The highest BCUT2D eigenvalue weighted by atomic mass is 35.5. The van der Waals surface area contributed by atoms with Crippen molar-refractivity contribution in [1.29, 1.82) is 5.26 Å². The molecule has 0 amide bonds. The molecule has 0 unspecified atom stereocenters. The van der Waals surface area contributed by atoms with E-state index in [1.807, 2.05) is 41.8 Å². The maximum absolute atomic E-state index is 12.0. The molecule has 4 aromatic rings. The van der Waals surface area contributed by atoms with Crippen molar-refractivity contribution in [2.45, 2.75) is 25.2 Å². The summed E-state index contributed by atoms with van der Waals surface area (Å²) in [5, 5.41) is 28.6. The van der Waals surface area contributed by atoms with Crippen molar-refractivity contribution >= 4 is 35.4 Å². The molecule has 9 heteroatoms. The molecule has 0 fully saturated rings. The number of carboxylic acids is 1. The number of aliphatic carboxylic acids is 1. The monoisotopic (exact) mass is 516 g/mol. The van der Waals surface area contributed by atoms with Crippen LogP contribution in [0, 0.1) is 11.3 Å². The number of hydrogen-bond acceptors (Lipinski definition) is 6. The first kappa shape index (κ1) is 25.0. The van der Waals surface area contributed by atoms with Gasteiger partial charge in [0.15, 0.2) is 11.0 Å². The molecule has 0 spiro atoms. The number of carbonyl (C=O) groups is 1. The third-order valence-electron chi connectivity index (χ3n) is 5.26. The lowest BCUT2D eigenvalue weighted by Gasteiger charge is -2.09. The number of benzene rings is 3. The summed E-state index contributed by atoms with van der Waals surface area (Å²) in [6.07, 6.45) is 1.58. The van der Waals surface area contributed by atoms with Crippen LogP contribution in [0.15, 0.2) is 82.9 Å². The van der Waals surface area contributed by atoms with Gasteiger partial charge in [0.1, 0.15) is 17.3 Å². The Morgan fingerprint density at radius 1 is 1.11 bits per heavy atom. The van der Waals surface area contributed by atoms with E-state index in [2.05, 4.69) is 16.3 Å². The number of carboxylic acid groups (broad SMARTS) is 1. The first-order valence-corrected chi connectivity index (χ1v) is 12.2. The molecule has 0 bridgehead atoms. The summed E-state index contributed by atoms with van der Waals surface area (Å²) in [4.78, 5) is 12.1. The highest BCUT2D eigenvalue weighted by molar-refractivity contribution is 8.04. The maximum atomic E-state index is 12.0. The van der Waals surface area contributed by atoms with Crippen LogP contribution in [0.2, 0.25) is 5.02 Å². The molecule has 3 aromatic carbocycles. The minimum atomic E-state index is -1.06. The molecule has 1 N–H and O–H groups in total. The van der Waals surface area contributed by atoms with Crippen LogP contribution in [0.3, 0.4) is 0 Å². The van der Waals surface area contributed by atoms with Gasteiger partial charge in [-0.15, -0.1) is 10.2 Å². The molecule has 1 heterocycles. The number of halogens is 1. The van der Waals surface area contributed by atoms with Crippen molar-refractivity contribution in [3.8, 4) is 23.2 Å². The molecule has 0 radical (unpaired) electrons. The fourth-order valence-electron chi connectivity index (χ4n) is 3.42. The summed E-state index contributed by atoms with van der Waals surface area (Å²) in [5.74, 6) is 0.191. The van der Waals surface area contributed by atoms with E-state index < -0.39 is 5.97 Å². The van der Waals surface area contributed by atoms with Crippen LogP contribution in [0.4, 0.5) is 0 Å². The van der Waals surface area contributed by atoms with Gasteiger partial charge in [-0.05, 0) is 72.8 Å². The summed E-state index contributed by atoms with van der Waals surface area (Å²) in [7, 11) is 0. The molecular formula is C27H21ClN4O3S. The van der Waals surface area contributed by atoms with Gasteiger partial charge in [0.2, 0.25) is 0 Å². The predicted octanol–water partition coefficient (Wildman–Crippen LogP) is 6.29. The van der Waals surface area contributed by atoms with Crippen molar-refractivity contribution in [2.24, 2.45) is 0 Å². The Hall–Kier alpha value is -4.06. The van der Waals surface area contributed by atoms with Gasteiger partial charge in [0.05, 0.1) is 11.6 Å². The maximum Gasteiger partial charge on any atom is 0.342 e. The van der Waals surface area contributed by atoms with E-state index in [1.165, 1.54) is 0 Å². The molecule has 0 saturated carbocycles. The average Bonchev–Trinajstić information content (AvgIpc) is 3.30. The van der Waals surface area contributed by atoms with Crippen molar-refractivity contribution < 1.29 is 14.6 Å². The number of thioether (sulfide) groups is 1. The molecule has 180 valence electrons. The largest absolute Gasteiger partial charge is 0.489 e. The van der Waals surface area contributed by atoms with Gasteiger partial charge in [0.25, 0.3) is 0 Å². The Labute approximate surface area is 217 Å². The highest BCUT2D eigenvalue weighted by Gasteiger charge is 2.18. The summed E-state index contributed by atoms with van der Waals surface area (Å²) in [6, 6.07) is 23.7. The zero-order valence-corrected chi connectivity index (χ0v) is 20.8. The fourth-order valence-corrected chi connectivity index (χ4v) is 4.44. The molecular weight excluding hydrogens is 496 g/mol. The van der Waals surface area contributed by atoms with Gasteiger partial charge in [0, 0.05) is 22.7 Å². The van der Waals surface area contributed by atoms with Gasteiger partial charge in [-0.3, -0.25) is 0 Å². The zero-order valence-electron chi connectivity index (χ0n) is 19.3. The molecule has 7 nitrogen and oxygen atoms in total. The van der Waals surface area contributed by atoms with Crippen molar-refractivity contribution in [3.63, 3.8) is 0 Å². The number of nitrogens with zero attached hydrogens (tertiary/aromatic N) is 4. The smallest absolute Gasteiger partial charge is 0.342 e. The molecule has 0 atom stereocenters. The van der Waals surface area contributed by atoms with Crippen molar-refractivity contribution in [1.82, 2.24) is 14.8 Å². The number of ether oxygens (including phenoxy) is 1. The molecule has 1 aromatic heterocycles. The number of rotatable bonds is 9. The van der Waals surface area contributed by atoms with Crippen molar-refractivity contribution in [3.05, 3.63) is 99.4 Å². The molecule has 0 saturated heterocycles. The fraction of sp³-hybridized carbons (Fsp3) is 0.111. The van der Waals surface area contributed by atoms with Gasteiger partial charge in [-0.1, -0.05) is 41.9 Å². The van der Waals surface area contributed by atoms with Crippen LogP contribution >= 0.6 is 23.4 Å². The average molecular weight is 517 g/mol. The third-order valence-corrected chi connectivity index (χ3v) is 6.51. The second-order valence-electron chi connectivity index (χ2n) is 7.60. The minimum Gasteiger partial charge on any atom is -0.489 e. The Kier molecular flexibility index (Phi) is 8.06. The van der Waals surface area contributed by atoms with E-state index in [0.29, 0.717) is 39.4 Å². The van der Waals surface area contributed by atoms with Gasteiger partial charge in [-0.25, -0.2) is 4.79 Å². The minimum absolute atomic E-state index is 0.108. The van der Waals surface area contributed by atoms with E-state index in [-0.39, 0.29) is 11.5 Å². The Bertz CT molecular complexity index is 1440. The second kappa shape index (κ2) is 11.6. The standard InChI is InChI=1S/C27H21ClN4O3S/c1-2-32-25(19-9-11-22(28)12-10-19)30-31-27(32)36-24(26(33)34)15-18-7-13-23(14-8-18)35-17-21-6-4-3-5-20(21)16-29/h3-15H,2,17H2,1H3,(H,33,34)/b24-15-. The predicted molar refractivity (Wildman–Crippen MR) is 140 cm³/mol. The van der Waals surface area contributed by atoms with Gasteiger partial charge < -0.3 is 14.4 Å². The van der Waals surface area contributed by atoms with Crippen LogP contribution in [-0.2, 0) is 17.9 Å². The summed E-state index contributed by atoms with van der Waals surface area (Å²) < 4.78 is 7.66. The van der Waals surface area contributed by atoms with Gasteiger partial charge in [-0.2, -0.15) is 5.26 Å². The SMILES string of the molecule is CCn1c(S/C(=C\c2ccc(OCc3ccccc3C#N)cc2)C(=O)O)nnc1-c1ccc(Cl)cc1. The lowest BCUT2D eigenvalue weighted by atomic mass is 10.1. The lowest BCUT2D eigenvalue weighted by Crippen LogP contribution is -2.02. The molecule has 0 aliphatic rings. The Morgan fingerprint density at radius 3 is 2.50 bits per heavy atom. The summed E-state index contributed by atoms with van der Waals surface area (Å²) in [5.41, 5.74) is 2.91. The topological polar surface area (TPSA) is 101 Å². The van der Waals surface area contributed by atoms with Crippen LogP contribution in [0.25, 0.3) is 17.5 Å². The van der Waals surface area contributed by atoms with Crippen LogP contribution in [0.5, 0.6) is 5.75 Å². The van der Waals surface area contributed by atoms with Gasteiger partial charge >= 0.3 is 5.97 Å². The van der Waals surface area contributed by atoms with Crippen molar-refractivity contribution in [2.75, 3.05) is 0 Å². The van der Waals surface area contributed by atoms with E-state index >= 15 is 0 Å². The molecule has 0 aliphatic carbocycles. The Morgan fingerprint density at radius 2 is 1.83 bits per heavy atom. The lowest BCUT2D eigenvalue weighted by molar-refractivity contribution is -0.131. The van der Waals surface area contributed by atoms with Crippen LogP contribution < -0.4 is 4.74 Å². The summed E-state index contributed by atoms with van der Waals surface area (Å²) >= 11 is 7.03. The van der Waals surface area contributed by atoms with E-state index in [1.54, 1.807) is 48.5 Å². The molecule has 0 aliphatic heterocycles. The van der Waals surface area contributed by atoms with E-state index in [0.717, 1.165) is 22.9 Å². The molecule has 36 heavy (non-hydrogen) atoms. The first-order chi connectivity index (χ1) is 17.5.